The second-order valence-corrected chi connectivity index (χ2v) is 5.46. The Hall–Kier alpha value is -2.37. The van der Waals surface area contributed by atoms with Gasteiger partial charge in [-0.25, -0.2) is 15.0 Å². The Balaban J connectivity index is 2.05. The number of rotatable bonds is 6. The number of nitrogens with zero attached hydrogens (tertiary/aromatic N) is 4. The van der Waals surface area contributed by atoms with Gasteiger partial charge in [0.15, 0.2) is 5.96 Å². The van der Waals surface area contributed by atoms with Crippen molar-refractivity contribution in [2.75, 3.05) is 13.1 Å². The van der Waals surface area contributed by atoms with Crippen LogP contribution < -0.4 is 10.6 Å². The van der Waals surface area contributed by atoms with E-state index in [1.807, 2.05) is 22.9 Å². The standard InChI is InChI=1S/C16H24N6/c1-4-18-16(20-10-13(2)3)21-11-14-5-6-19-15(9-14)22-8-7-17-12-22/h5-9,12-13H,4,10-11H2,1-3H3,(H2,18,20,21). The third kappa shape index (κ3) is 4.87. The maximum Gasteiger partial charge on any atom is 0.191 e. The Morgan fingerprint density at radius 2 is 2.18 bits per heavy atom. The fourth-order valence-corrected chi connectivity index (χ4v) is 1.91. The van der Waals surface area contributed by atoms with E-state index in [-0.39, 0.29) is 0 Å². The lowest BCUT2D eigenvalue weighted by Crippen LogP contribution is -2.39. The highest BCUT2D eigenvalue weighted by molar-refractivity contribution is 5.79. The molecule has 0 atom stereocenters. The van der Waals surface area contributed by atoms with Gasteiger partial charge in [0.25, 0.3) is 0 Å². The van der Waals surface area contributed by atoms with Crippen LogP contribution in [0.2, 0.25) is 0 Å². The molecule has 2 rings (SSSR count). The molecule has 0 unspecified atom stereocenters. The first-order chi connectivity index (χ1) is 10.7. The van der Waals surface area contributed by atoms with Crippen molar-refractivity contribution >= 4 is 5.96 Å². The minimum atomic E-state index is 0.581. The van der Waals surface area contributed by atoms with Crippen molar-refractivity contribution in [3.05, 3.63) is 42.6 Å². The summed E-state index contributed by atoms with van der Waals surface area (Å²) in [6, 6.07) is 4.01. The largest absolute Gasteiger partial charge is 0.357 e. The third-order valence-corrected chi connectivity index (χ3v) is 3.02. The predicted molar refractivity (Wildman–Crippen MR) is 89.0 cm³/mol. The highest BCUT2D eigenvalue weighted by Crippen LogP contribution is 2.07. The molecule has 118 valence electrons. The van der Waals surface area contributed by atoms with Crippen LogP contribution in [0.15, 0.2) is 42.0 Å². The van der Waals surface area contributed by atoms with Crippen molar-refractivity contribution in [2.45, 2.75) is 27.3 Å². The molecule has 0 saturated carbocycles. The van der Waals surface area contributed by atoms with Crippen LogP contribution in [0.1, 0.15) is 26.3 Å². The summed E-state index contributed by atoms with van der Waals surface area (Å²) in [4.78, 5) is 13.0. The summed E-state index contributed by atoms with van der Waals surface area (Å²) in [6.45, 7) is 8.78. The van der Waals surface area contributed by atoms with Crippen LogP contribution in [0.4, 0.5) is 0 Å². The number of hydrogen-bond acceptors (Lipinski definition) is 3. The van der Waals surface area contributed by atoms with Gasteiger partial charge in [0, 0.05) is 31.7 Å². The quantitative estimate of drug-likeness (QED) is 0.632. The molecular formula is C16H24N6. The van der Waals surface area contributed by atoms with Gasteiger partial charge in [-0.1, -0.05) is 13.8 Å². The van der Waals surface area contributed by atoms with Gasteiger partial charge in [-0.05, 0) is 30.5 Å². The molecule has 0 aliphatic rings. The van der Waals surface area contributed by atoms with E-state index in [1.54, 1.807) is 18.7 Å². The molecule has 0 amide bonds. The molecule has 0 spiro atoms. The number of aliphatic imine (C=N–C) groups is 1. The Morgan fingerprint density at radius 1 is 1.32 bits per heavy atom. The number of pyridine rings is 1. The van der Waals surface area contributed by atoms with E-state index in [9.17, 15) is 0 Å². The summed E-state index contributed by atoms with van der Waals surface area (Å²) in [5.74, 6) is 2.28. The zero-order chi connectivity index (χ0) is 15.8. The van der Waals surface area contributed by atoms with Gasteiger partial charge in [-0.2, -0.15) is 0 Å². The monoisotopic (exact) mass is 300 g/mol. The average molecular weight is 300 g/mol. The number of nitrogens with one attached hydrogen (secondary N) is 2. The van der Waals surface area contributed by atoms with Crippen LogP contribution in [-0.4, -0.2) is 33.6 Å². The minimum Gasteiger partial charge on any atom is -0.357 e. The molecule has 2 heterocycles. The number of aromatic nitrogens is 3. The summed E-state index contributed by atoms with van der Waals surface area (Å²) in [5, 5.41) is 6.60. The fraction of sp³-hybridized carbons (Fsp3) is 0.438. The fourth-order valence-electron chi connectivity index (χ4n) is 1.91. The Kier molecular flexibility index (Phi) is 5.94. The smallest absolute Gasteiger partial charge is 0.191 e. The lowest BCUT2D eigenvalue weighted by molar-refractivity contribution is 0.615. The molecule has 0 aliphatic carbocycles. The van der Waals surface area contributed by atoms with Crippen molar-refractivity contribution in [1.29, 1.82) is 0 Å². The molecule has 2 aromatic rings. The molecule has 2 N–H and O–H groups in total. The number of hydrogen-bond donors (Lipinski definition) is 2. The minimum absolute atomic E-state index is 0.581. The first-order valence-electron chi connectivity index (χ1n) is 7.64. The molecular weight excluding hydrogens is 276 g/mol. The van der Waals surface area contributed by atoms with Gasteiger partial charge < -0.3 is 10.6 Å². The zero-order valence-electron chi connectivity index (χ0n) is 13.5. The lowest BCUT2D eigenvalue weighted by atomic mass is 10.2. The van der Waals surface area contributed by atoms with E-state index >= 15 is 0 Å². The summed E-state index contributed by atoms with van der Waals surface area (Å²) in [7, 11) is 0. The van der Waals surface area contributed by atoms with Crippen LogP contribution in [-0.2, 0) is 6.54 Å². The molecule has 0 saturated heterocycles. The van der Waals surface area contributed by atoms with Gasteiger partial charge in [-0.3, -0.25) is 4.57 Å². The first-order valence-corrected chi connectivity index (χ1v) is 7.64. The van der Waals surface area contributed by atoms with Crippen LogP contribution in [0.5, 0.6) is 0 Å². The topological polar surface area (TPSA) is 67.1 Å². The van der Waals surface area contributed by atoms with Gasteiger partial charge in [0.2, 0.25) is 0 Å². The molecule has 6 heteroatoms. The van der Waals surface area contributed by atoms with E-state index in [4.69, 9.17) is 0 Å². The summed E-state index contributed by atoms with van der Waals surface area (Å²) in [6.07, 6.45) is 7.16. The van der Waals surface area contributed by atoms with Gasteiger partial charge in [0.1, 0.15) is 12.1 Å². The molecule has 0 aromatic carbocycles. The Bertz CT molecular complexity index is 588. The highest BCUT2D eigenvalue weighted by atomic mass is 15.2. The summed E-state index contributed by atoms with van der Waals surface area (Å²) < 4.78 is 1.88. The maximum atomic E-state index is 4.62. The highest BCUT2D eigenvalue weighted by Gasteiger charge is 2.01. The van der Waals surface area contributed by atoms with Crippen molar-refractivity contribution in [3.8, 4) is 5.82 Å². The number of guanidine groups is 1. The first kappa shape index (κ1) is 16.0. The lowest BCUT2D eigenvalue weighted by Gasteiger charge is -2.13. The van der Waals surface area contributed by atoms with Crippen molar-refractivity contribution < 1.29 is 0 Å². The Morgan fingerprint density at radius 3 is 2.86 bits per heavy atom. The molecule has 0 fully saturated rings. The Labute approximate surface area is 131 Å². The third-order valence-electron chi connectivity index (χ3n) is 3.02. The van der Waals surface area contributed by atoms with E-state index < -0.39 is 0 Å². The SMILES string of the molecule is CCNC(=NCc1ccnc(-n2ccnc2)c1)NCC(C)C. The maximum absolute atomic E-state index is 4.62. The van der Waals surface area contributed by atoms with Crippen molar-refractivity contribution in [3.63, 3.8) is 0 Å². The van der Waals surface area contributed by atoms with Crippen LogP contribution in [0.3, 0.4) is 0 Å². The molecule has 0 radical (unpaired) electrons. The van der Waals surface area contributed by atoms with Crippen molar-refractivity contribution in [1.82, 2.24) is 25.2 Å². The van der Waals surface area contributed by atoms with E-state index in [2.05, 4.69) is 46.4 Å². The predicted octanol–water partition coefficient (Wildman–Crippen LogP) is 1.98. The van der Waals surface area contributed by atoms with Crippen LogP contribution >= 0.6 is 0 Å². The molecule has 2 aromatic heterocycles. The second-order valence-electron chi connectivity index (χ2n) is 5.46. The van der Waals surface area contributed by atoms with E-state index in [1.165, 1.54) is 0 Å². The summed E-state index contributed by atoms with van der Waals surface area (Å²) >= 11 is 0. The van der Waals surface area contributed by atoms with Gasteiger partial charge >= 0.3 is 0 Å². The average Bonchev–Trinajstić information content (AvgIpc) is 3.04. The molecule has 0 aliphatic heterocycles. The number of imidazole rings is 1. The molecule has 6 nitrogen and oxygen atoms in total. The van der Waals surface area contributed by atoms with Crippen molar-refractivity contribution in [2.24, 2.45) is 10.9 Å². The molecule has 22 heavy (non-hydrogen) atoms. The van der Waals surface area contributed by atoms with Crippen LogP contribution in [0, 0.1) is 5.92 Å². The zero-order valence-corrected chi connectivity index (χ0v) is 13.5. The molecule has 0 bridgehead atoms. The summed E-state index contributed by atoms with van der Waals surface area (Å²) in [5.41, 5.74) is 1.11. The van der Waals surface area contributed by atoms with E-state index in [0.717, 1.165) is 30.4 Å². The van der Waals surface area contributed by atoms with Gasteiger partial charge in [-0.15, -0.1) is 0 Å². The van der Waals surface area contributed by atoms with Gasteiger partial charge in [0.05, 0.1) is 6.54 Å². The van der Waals surface area contributed by atoms with E-state index in [0.29, 0.717) is 12.5 Å². The second kappa shape index (κ2) is 8.17. The van der Waals surface area contributed by atoms with Crippen LogP contribution in [0.25, 0.3) is 5.82 Å². The normalized spacial score (nSPS) is 11.7.